The summed E-state index contributed by atoms with van der Waals surface area (Å²) < 4.78 is 0. The number of benzene rings is 1. The lowest BCUT2D eigenvalue weighted by Gasteiger charge is -2.35. The Balaban J connectivity index is 1.39. The topological polar surface area (TPSA) is 62.2 Å². The molecule has 0 unspecified atom stereocenters. The van der Waals surface area contributed by atoms with Crippen LogP contribution in [0.5, 0.6) is 0 Å². The lowest BCUT2D eigenvalue weighted by Crippen LogP contribution is -2.49. The number of hydrogen-bond acceptors (Lipinski definition) is 5. The van der Waals surface area contributed by atoms with Crippen molar-refractivity contribution in [2.45, 2.75) is 6.42 Å². The van der Waals surface area contributed by atoms with E-state index in [1.807, 2.05) is 41.3 Å². The van der Waals surface area contributed by atoms with Crippen LogP contribution in [-0.2, 0) is 11.2 Å². The molecule has 0 saturated carbocycles. The summed E-state index contributed by atoms with van der Waals surface area (Å²) in [6.07, 6.45) is 3.68. The molecule has 4 rings (SSSR count). The van der Waals surface area contributed by atoms with Crippen LogP contribution >= 0.6 is 11.6 Å². The summed E-state index contributed by atoms with van der Waals surface area (Å²) in [5.41, 5.74) is 2.37. The van der Waals surface area contributed by atoms with E-state index in [2.05, 4.69) is 19.9 Å². The molecule has 6 nitrogen and oxygen atoms in total. The van der Waals surface area contributed by atoms with Crippen molar-refractivity contribution in [2.75, 3.05) is 31.1 Å². The molecule has 3 heterocycles. The number of nitrogens with zero attached hydrogens (tertiary/aromatic N) is 5. The molecule has 1 aromatic carbocycles. The number of halogens is 1. The molecular weight excluding hydrogens is 350 g/mol. The van der Waals surface area contributed by atoms with Gasteiger partial charge in [0.1, 0.15) is 11.3 Å². The van der Waals surface area contributed by atoms with E-state index in [-0.39, 0.29) is 5.91 Å². The molecule has 132 valence electrons. The molecule has 1 aliphatic heterocycles. The molecule has 0 N–H and O–H groups in total. The molecular formula is C19H18ClN5O. The quantitative estimate of drug-likeness (QED) is 0.712. The Morgan fingerprint density at radius 2 is 1.85 bits per heavy atom. The Kier molecular flexibility index (Phi) is 4.67. The molecule has 7 heteroatoms. The summed E-state index contributed by atoms with van der Waals surface area (Å²) >= 11 is 5.99. The zero-order valence-electron chi connectivity index (χ0n) is 14.2. The van der Waals surface area contributed by atoms with Crippen molar-refractivity contribution < 1.29 is 4.79 Å². The van der Waals surface area contributed by atoms with E-state index in [1.165, 1.54) is 0 Å². The number of rotatable bonds is 3. The highest BCUT2D eigenvalue weighted by atomic mass is 35.5. The summed E-state index contributed by atoms with van der Waals surface area (Å²) in [7, 11) is 0. The minimum atomic E-state index is 0.129. The zero-order chi connectivity index (χ0) is 17.9. The Labute approximate surface area is 156 Å². The van der Waals surface area contributed by atoms with Crippen LogP contribution in [0.15, 0.2) is 48.8 Å². The molecule has 0 aliphatic carbocycles. The van der Waals surface area contributed by atoms with E-state index < -0.39 is 0 Å². The standard InChI is InChI=1S/C19H18ClN5O/c20-15-3-1-2-14(12-15)13-18(26)25-10-8-24(9-11-25)17-5-4-16-19(23-17)22-7-6-21-16/h1-7,12H,8-11,13H2. The molecule has 1 amide bonds. The van der Waals surface area contributed by atoms with Gasteiger partial charge in [0.2, 0.25) is 5.91 Å². The van der Waals surface area contributed by atoms with E-state index in [0.29, 0.717) is 30.2 Å². The maximum absolute atomic E-state index is 12.5. The van der Waals surface area contributed by atoms with Gasteiger partial charge in [-0.3, -0.25) is 9.78 Å². The van der Waals surface area contributed by atoms with Gasteiger partial charge in [0.05, 0.1) is 6.42 Å². The maximum Gasteiger partial charge on any atom is 0.227 e. The first-order valence-corrected chi connectivity index (χ1v) is 8.92. The van der Waals surface area contributed by atoms with Crippen molar-refractivity contribution >= 4 is 34.5 Å². The lowest BCUT2D eigenvalue weighted by atomic mass is 10.1. The Hall–Kier alpha value is -2.73. The molecule has 1 fully saturated rings. The molecule has 26 heavy (non-hydrogen) atoms. The summed E-state index contributed by atoms with van der Waals surface area (Å²) in [4.78, 5) is 29.7. The number of hydrogen-bond donors (Lipinski definition) is 0. The van der Waals surface area contributed by atoms with Gasteiger partial charge in [-0.2, -0.15) is 0 Å². The second kappa shape index (κ2) is 7.25. The molecule has 0 bridgehead atoms. The van der Waals surface area contributed by atoms with Crippen LogP contribution in [0, 0.1) is 0 Å². The summed E-state index contributed by atoms with van der Waals surface area (Å²) in [6, 6.07) is 11.4. The van der Waals surface area contributed by atoms with Crippen molar-refractivity contribution in [1.82, 2.24) is 19.9 Å². The normalized spacial score (nSPS) is 14.7. The highest BCUT2D eigenvalue weighted by molar-refractivity contribution is 6.30. The number of aromatic nitrogens is 3. The fourth-order valence-corrected chi connectivity index (χ4v) is 3.35. The van der Waals surface area contributed by atoms with E-state index in [1.54, 1.807) is 12.4 Å². The van der Waals surface area contributed by atoms with Crippen LogP contribution in [0.1, 0.15) is 5.56 Å². The average Bonchev–Trinajstić information content (AvgIpc) is 2.68. The minimum Gasteiger partial charge on any atom is -0.353 e. The monoisotopic (exact) mass is 367 g/mol. The summed E-state index contributed by atoms with van der Waals surface area (Å²) in [5.74, 6) is 1.00. The predicted octanol–water partition coefficient (Wildman–Crippen LogP) is 2.57. The van der Waals surface area contributed by atoms with Crippen molar-refractivity contribution in [2.24, 2.45) is 0 Å². The first kappa shape index (κ1) is 16.7. The predicted molar refractivity (Wildman–Crippen MR) is 101 cm³/mol. The maximum atomic E-state index is 12.5. The SMILES string of the molecule is O=C(Cc1cccc(Cl)c1)N1CCN(c2ccc3nccnc3n2)CC1. The van der Waals surface area contributed by atoms with Gasteiger partial charge in [0, 0.05) is 43.6 Å². The Morgan fingerprint density at radius 1 is 1.04 bits per heavy atom. The van der Waals surface area contributed by atoms with Gasteiger partial charge in [-0.15, -0.1) is 0 Å². The van der Waals surface area contributed by atoms with Crippen LogP contribution in [0.2, 0.25) is 5.02 Å². The van der Waals surface area contributed by atoms with Gasteiger partial charge >= 0.3 is 0 Å². The Morgan fingerprint density at radius 3 is 2.65 bits per heavy atom. The molecule has 0 atom stereocenters. The molecule has 0 spiro atoms. The number of carbonyl (C=O) groups is 1. The molecule has 2 aromatic heterocycles. The van der Waals surface area contributed by atoms with E-state index in [4.69, 9.17) is 11.6 Å². The summed E-state index contributed by atoms with van der Waals surface area (Å²) in [6.45, 7) is 2.86. The smallest absolute Gasteiger partial charge is 0.227 e. The van der Waals surface area contributed by atoms with Crippen LogP contribution in [0.4, 0.5) is 5.82 Å². The van der Waals surface area contributed by atoms with Gasteiger partial charge in [-0.05, 0) is 29.8 Å². The minimum absolute atomic E-state index is 0.129. The Bertz CT molecular complexity index is 940. The van der Waals surface area contributed by atoms with Crippen LogP contribution in [0.3, 0.4) is 0 Å². The molecule has 0 radical (unpaired) electrons. The third kappa shape index (κ3) is 3.60. The van der Waals surface area contributed by atoms with Crippen LogP contribution in [-0.4, -0.2) is 51.9 Å². The van der Waals surface area contributed by atoms with Gasteiger partial charge in [-0.1, -0.05) is 23.7 Å². The molecule has 3 aromatic rings. The van der Waals surface area contributed by atoms with Crippen LogP contribution in [0.25, 0.3) is 11.2 Å². The fraction of sp³-hybridized carbons (Fsp3) is 0.263. The van der Waals surface area contributed by atoms with Crippen molar-refractivity contribution in [3.8, 4) is 0 Å². The van der Waals surface area contributed by atoms with E-state index in [0.717, 1.165) is 30.0 Å². The first-order valence-electron chi connectivity index (χ1n) is 8.54. The fourth-order valence-electron chi connectivity index (χ4n) is 3.14. The second-order valence-corrected chi connectivity index (χ2v) is 6.68. The number of carbonyl (C=O) groups excluding carboxylic acids is 1. The van der Waals surface area contributed by atoms with Gasteiger partial charge in [0.25, 0.3) is 0 Å². The van der Waals surface area contributed by atoms with Gasteiger partial charge < -0.3 is 9.80 Å². The van der Waals surface area contributed by atoms with Crippen LogP contribution < -0.4 is 4.90 Å². The third-order valence-corrected chi connectivity index (χ3v) is 4.75. The molecule has 1 aliphatic rings. The number of anilines is 1. The van der Waals surface area contributed by atoms with Crippen molar-refractivity contribution in [1.29, 1.82) is 0 Å². The van der Waals surface area contributed by atoms with Gasteiger partial charge in [-0.25, -0.2) is 9.97 Å². The highest BCUT2D eigenvalue weighted by Gasteiger charge is 2.22. The second-order valence-electron chi connectivity index (χ2n) is 6.24. The van der Waals surface area contributed by atoms with Crippen molar-refractivity contribution in [3.63, 3.8) is 0 Å². The lowest BCUT2D eigenvalue weighted by molar-refractivity contribution is -0.130. The third-order valence-electron chi connectivity index (χ3n) is 4.52. The number of piperazine rings is 1. The first-order chi connectivity index (χ1) is 12.7. The average molecular weight is 368 g/mol. The van der Waals surface area contributed by atoms with Gasteiger partial charge in [0.15, 0.2) is 5.65 Å². The number of pyridine rings is 1. The molecule has 1 saturated heterocycles. The van der Waals surface area contributed by atoms with Crippen molar-refractivity contribution in [3.05, 3.63) is 59.4 Å². The number of fused-ring (bicyclic) bond motifs is 1. The van der Waals surface area contributed by atoms with E-state index in [9.17, 15) is 4.79 Å². The number of amides is 1. The summed E-state index contributed by atoms with van der Waals surface area (Å²) in [5, 5.41) is 0.658. The van der Waals surface area contributed by atoms with E-state index >= 15 is 0 Å². The highest BCUT2D eigenvalue weighted by Crippen LogP contribution is 2.18. The largest absolute Gasteiger partial charge is 0.353 e. The zero-order valence-corrected chi connectivity index (χ0v) is 14.9.